The van der Waals surface area contributed by atoms with Crippen molar-refractivity contribution in [3.05, 3.63) is 29.1 Å². The number of halogens is 3. The summed E-state index contributed by atoms with van der Waals surface area (Å²) in [6.45, 7) is 1.80. The highest BCUT2D eigenvalue weighted by Crippen LogP contribution is 2.25. The summed E-state index contributed by atoms with van der Waals surface area (Å²) < 4.78 is 39.2. The molecule has 0 fully saturated rings. The molecule has 0 spiro atoms. The fraction of sp³-hybridized carbons (Fsp3) is 0.417. The van der Waals surface area contributed by atoms with Crippen molar-refractivity contribution in [1.29, 1.82) is 0 Å². The van der Waals surface area contributed by atoms with Crippen molar-refractivity contribution in [2.75, 3.05) is 6.54 Å². The van der Waals surface area contributed by atoms with E-state index < -0.39 is 40.8 Å². The number of carbonyl (C=O) groups is 1. The fourth-order valence-corrected chi connectivity index (χ4v) is 1.41. The van der Waals surface area contributed by atoms with Gasteiger partial charge in [-0.3, -0.25) is 4.79 Å². The van der Waals surface area contributed by atoms with Gasteiger partial charge in [0.1, 0.15) is 0 Å². The van der Waals surface area contributed by atoms with E-state index in [0.29, 0.717) is 12.5 Å². The molecule has 0 aliphatic heterocycles. The summed E-state index contributed by atoms with van der Waals surface area (Å²) >= 11 is 0. The van der Waals surface area contributed by atoms with Gasteiger partial charge < -0.3 is 15.5 Å². The fourth-order valence-electron chi connectivity index (χ4n) is 1.41. The Morgan fingerprint density at radius 1 is 1.37 bits per heavy atom. The second-order valence-corrected chi connectivity index (χ2v) is 3.99. The van der Waals surface area contributed by atoms with Crippen LogP contribution < -0.4 is 5.32 Å². The van der Waals surface area contributed by atoms with E-state index in [0.717, 1.165) is 0 Å². The second kappa shape index (κ2) is 6.42. The summed E-state index contributed by atoms with van der Waals surface area (Å²) in [4.78, 5) is 11.5. The lowest BCUT2D eigenvalue weighted by Gasteiger charge is -2.10. The molecular formula is C12H14F3NO3. The molecule has 7 heteroatoms. The first kappa shape index (κ1) is 15.3. The summed E-state index contributed by atoms with van der Waals surface area (Å²) in [5.74, 6) is -7.30. The standard InChI is InChI=1S/C12H14F3NO3/c1-2-6(17)3-4-16-12(19)7-5-8(13)10(15)11(18)9(7)14/h5-6,17-18H,2-4H2,1H3,(H,16,19). The predicted molar refractivity (Wildman–Crippen MR) is 61.2 cm³/mol. The van der Waals surface area contributed by atoms with E-state index in [2.05, 4.69) is 5.32 Å². The highest BCUT2D eigenvalue weighted by atomic mass is 19.2. The highest BCUT2D eigenvalue weighted by Gasteiger charge is 2.22. The molecule has 0 aliphatic rings. The maximum absolute atomic E-state index is 13.4. The highest BCUT2D eigenvalue weighted by molar-refractivity contribution is 5.94. The lowest BCUT2D eigenvalue weighted by molar-refractivity contribution is 0.0936. The van der Waals surface area contributed by atoms with E-state index >= 15 is 0 Å². The van der Waals surface area contributed by atoms with E-state index in [9.17, 15) is 23.1 Å². The number of aliphatic hydroxyl groups excluding tert-OH is 1. The quantitative estimate of drug-likeness (QED) is 0.717. The van der Waals surface area contributed by atoms with Crippen molar-refractivity contribution in [2.24, 2.45) is 0 Å². The number of aliphatic hydroxyl groups is 1. The van der Waals surface area contributed by atoms with Crippen LogP contribution >= 0.6 is 0 Å². The minimum Gasteiger partial charge on any atom is -0.503 e. The van der Waals surface area contributed by atoms with Gasteiger partial charge in [-0.05, 0) is 18.9 Å². The molecule has 0 saturated carbocycles. The van der Waals surface area contributed by atoms with Gasteiger partial charge in [-0.2, -0.15) is 4.39 Å². The molecule has 0 aromatic heterocycles. The van der Waals surface area contributed by atoms with E-state index in [1.54, 1.807) is 6.92 Å². The van der Waals surface area contributed by atoms with Crippen LogP contribution in [-0.2, 0) is 0 Å². The molecule has 0 saturated heterocycles. The average Bonchev–Trinajstić information content (AvgIpc) is 2.39. The molecule has 4 nitrogen and oxygen atoms in total. The normalized spacial score (nSPS) is 12.3. The molecule has 3 N–H and O–H groups in total. The Balaban J connectivity index is 2.78. The van der Waals surface area contributed by atoms with E-state index in [1.165, 1.54) is 0 Å². The van der Waals surface area contributed by atoms with Crippen LogP contribution in [0.4, 0.5) is 13.2 Å². The van der Waals surface area contributed by atoms with Gasteiger partial charge in [0.25, 0.3) is 5.91 Å². The number of carbonyl (C=O) groups excluding carboxylic acids is 1. The first-order chi connectivity index (χ1) is 8.88. The third-order valence-electron chi connectivity index (χ3n) is 2.61. The summed E-state index contributed by atoms with van der Waals surface area (Å²) in [6, 6.07) is 0.371. The van der Waals surface area contributed by atoms with E-state index in [-0.39, 0.29) is 13.0 Å². The minimum atomic E-state index is -1.74. The SMILES string of the molecule is CCC(O)CCNC(=O)c1cc(F)c(F)c(O)c1F. The van der Waals surface area contributed by atoms with Crippen molar-refractivity contribution in [2.45, 2.75) is 25.9 Å². The second-order valence-electron chi connectivity index (χ2n) is 3.99. The van der Waals surface area contributed by atoms with E-state index in [1.807, 2.05) is 0 Å². The Morgan fingerprint density at radius 3 is 2.58 bits per heavy atom. The first-order valence-electron chi connectivity index (χ1n) is 5.71. The number of hydrogen-bond acceptors (Lipinski definition) is 3. The maximum Gasteiger partial charge on any atom is 0.254 e. The largest absolute Gasteiger partial charge is 0.503 e. The summed E-state index contributed by atoms with van der Waals surface area (Å²) in [5.41, 5.74) is -0.789. The summed E-state index contributed by atoms with van der Waals surface area (Å²) in [6.07, 6.45) is 0.138. The van der Waals surface area contributed by atoms with Gasteiger partial charge in [-0.15, -0.1) is 0 Å². The molecule has 19 heavy (non-hydrogen) atoms. The molecule has 0 radical (unpaired) electrons. The van der Waals surface area contributed by atoms with Crippen LogP contribution in [0.3, 0.4) is 0 Å². The van der Waals surface area contributed by atoms with Crippen LogP contribution in [0.25, 0.3) is 0 Å². The zero-order chi connectivity index (χ0) is 14.6. The van der Waals surface area contributed by atoms with E-state index in [4.69, 9.17) is 5.11 Å². The van der Waals surface area contributed by atoms with Gasteiger partial charge in [0.05, 0.1) is 11.7 Å². The first-order valence-corrected chi connectivity index (χ1v) is 5.71. The molecule has 1 aromatic carbocycles. The predicted octanol–water partition coefficient (Wildman–Crippen LogP) is 1.70. The third-order valence-corrected chi connectivity index (χ3v) is 2.61. The minimum absolute atomic E-state index is 0.0486. The number of phenolic OH excluding ortho intramolecular Hbond substituents is 1. The Labute approximate surface area is 107 Å². The molecule has 106 valence electrons. The molecule has 1 atom stereocenters. The van der Waals surface area contributed by atoms with Gasteiger partial charge in [-0.25, -0.2) is 8.78 Å². The molecule has 1 rings (SSSR count). The van der Waals surface area contributed by atoms with Crippen molar-refractivity contribution >= 4 is 5.91 Å². The lowest BCUT2D eigenvalue weighted by Crippen LogP contribution is -2.28. The van der Waals surface area contributed by atoms with Crippen LogP contribution in [0, 0.1) is 17.5 Å². The monoisotopic (exact) mass is 277 g/mol. The van der Waals surface area contributed by atoms with Crippen molar-refractivity contribution < 1.29 is 28.2 Å². The van der Waals surface area contributed by atoms with Crippen LogP contribution in [0.15, 0.2) is 6.07 Å². The number of nitrogens with one attached hydrogen (secondary N) is 1. The van der Waals surface area contributed by atoms with Crippen molar-refractivity contribution in [3.63, 3.8) is 0 Å². The van der Waals surface area contributed by atoms with Crippen molar-refractivity contribution in [3.8, 4) is 5.75 Å². The molecular weight excluding hydrogens is 263 g/mol. The Morgan fingerprint density at radius 2 is 2.00 bits per heavy atom. The Hall–Kier alpha value is -1.76. The number of rotatable bonds is 5. The van der Waals surface area contributed by atoms with Gasteiger partial charge in [-0.1, -0.05) is 6.92 Å². The average molecular weight is 277 g/mol. The molecule has 1 unspecified atom stereocenters. The Kier molecular flexibility index (Phi) is 5.17. The summed E-state index contributed by atoms with van der Waals surface area (Å²) in [7, 11) is 0. The third kappa shape index (κ3) is 3.60. The zero-order valence-corrected chi connectivity index (χ0v) is 10.2. The molecule has 0 heterocycles. The van der Waals surface area contributed by atoms with Gasteiger partial charge in [0, 0.05) is 6.54 Å². The number of benzene rings is 1. The maximum atomic E-state index is 13.4. The smallest absolute Gasteiger partial charge is 0.254 e. The number of amides is 1. The lowest BCUT2D eigenvalue weighted by atomic mass is 10.1. The number of phenols is 1. The van der Waals surface area contributed by atoms with Crippen molar-refractivity contribution in [1.82, 2.24) is 5.32 Å². The zero-order valence-electron chi connectivity index (χ0n) is 10.2. The molecule has 0 aliphatic carbocycles. The number of hydrogen-bond donors (Lipinski definition) is 3. The van der Waals surface area contributed by atoms with Crippen LogP contribution in [0.2, 0.25) is 0 Å². The molecule has 1 aromatic rings. The summed E-state index contributed by atoms with van der Waals surface area (Å²) in [5, 5.41) is 20.4. The van der Waals surface area contributed by atoms with Gasteiger partial charge in [0.2, 0.25) is 5.82 Å². The van der Waals surface area contributed by atoms with Gasteiger partial charge in [0.15, 0.2) is 17.4 Å². The van der Waals surface area contributed by atoms with Crippen LogP contribution in [0.5, 0.6) is 5.75 Å². The van der Waals surface area contributed by atoms with Gasteiger partial charge >= 0.3 is 0 Å². The van der Waals surface area contributed by atoms with Crippen LogP contribution in [-0.4, -0.2) is 28.8 Å². The Bertz CT molecular complexity index is 480. The molecule has 0 bridgehead atoms. The topological polar surface area (TPSA) is 69.6 Å². The molecule has 1 amide bonds. The number of aromatic hydroxyl groups is 1. The van der Waals surface area contributed by atoms with Crippen LogP contribution in [0.1, 0.15) is 30.1 Å².